The second-order valence-electron chi connectivity index (χ2n) is 11.1. The molecule has 0 aliphatic heterocycles. The van der Waals surface area contributed by atoms with Crippen molar-refractivity contribution in [3.8, 4) is 0 Å². The van der Waals surface area contributed by atoms with Crippen LogP contribution in [-0.4, -0.2) is 47.2 Å². The Morgan fingerprint density at radius 3 is 2.64 bits per heavy atom. The van der Waals surface area contributed by atoms with E-state index in [1.165, 1.54) is 17.7 Å². The number of thiophene rings is 1. The summed E-state index contributed by atoms with van der Waals surface area (Å²) in [5.41, 5.74) is 2.39. The van der Waals surface area contributed by atoms with Crippen molar-refractivity contribution in [2.75, 3.05) is 19.8 Å². The topological polar surface area (TPSA) is 85.2 Å². The van der Waals surface area contributed by atoms with Gasteiger partial charge in [-0.2, -0.15) is 0 Å². The summed E-state index contributed by atoms with van der Waals surface area (Å²) in [5, 5.41) is 8.07. The summed E-state index contributed by atoms with van der Waals surface area (Å²) in [6.07, 6.45) is 6.69. The zero-order valence-corrected chi connectivity index (χ0v) is 24.7. The number of carbonyl (C=O) groups is 2. The maximum absolute atomic E-state index is 13.3. The minimum Gasteiger partial charge on any atom is -0.381 e. The Labute approximate surface area is 236 Å². The summed E-state index contributed by atoms with van der Waals surface area (Å²) in [6, 6.07) is 9.70. The van der Waals surface area contributed by atoms with Crippen LogP contribution in [0.5, 0.6) is 0 Å². The van der Waals surface area contributed by atoms with Crippen LogP contribution >= 0.6 is 11.3 Å². The van der Waals surface area contributed by atoms with Crippen LogP contribution in [0.25, 0.3) is 11.0 Å². The molecule has 1 fully saturated rings. The molecule has 2 N–H and O–H groups in total. The van der Waals surface area contributed by atoms with Gasteiger partial charge in [-0.15, -0.1) is 11.3 Å². The lowest BCUT2D eigenvalue weighted by molar-refractivity contribution is -0.123. The van der Waals surface area contributed by atoms with Crippen LogP contribution < -0.4 is 10.6 Å². The number of hydrogen-bond donors (Lipinski definition) is 2. The van der Waals surface area contributed by atoms with Gasteiger partial charge in [-0.25, -0.2) is 4.98 Å². The standard InChI is InChI=1S/C31H44N4O3S/c1-5-24(6-2)35-28-13-12-23(18-26(28)33-29(35)19-25-9-7-16-39-25)30(36)34-27(17-21(3)4)31(37)32-14-8-15-38-20-22-10-11-22/h7,9,12-13,16,18,21-22,24,27H,5-6,8,10-11,14-15,17,19-20H2,1-4H3,(H,32,37)(H,34,36)/t27-/m0/s1. The molecule has 7 nitrogen and oxygen atoms in total. The van der Waals surface area contributed by atoms with E-state index >= 15 is 0 Å². The third kappa shape index (κ3) is 8.15. The Morgan fingerprint density at radius 1 is 1.18 bits per heavy atom. The number of nitrogens with one attached hydrogen (secondary N) is 2. The van der Waals surface area contributed by atoms with Gasteiger partial charge < -0.3 is 19.9 Å². The number of fused-ring (bicyclic) bond motifs is 1. The molecule has 1 aliphatic rings. The zero-order valence-electron chi connectivity index (χ0n) is 23.9. The van der Waals surface area contributed by atoms with Gasteiger partial charge in [0, 0.05) is 42.7 Å². The van der Waals surface area contributed by atoms with Gasteiger partial charge in [-0.3, -0.25) is 9.59 Å². The number of hydrogen-bond acceptors (Lipinski definition) is 5. The molecule has 212 valence electrons. The third-order valence-corrected chi connectivity index (χ3v) is 8.27. The first-order valence-corrected chi connectivity index (χ1v) is 15.5. The van der Waals surface area contributed by atoms with Crippen molar-refractivity contribution >= 4 is 34.2 Å². The van der Waals surface area contributed by atoms with Crippen molar-refractivity contribution in [1.29, 1.82) is 0 Å². The molecule has 4 rings (SSSR count). The average Bonchev–Trinajstić information content (AvgIpc) is 3.47. The van der Waals surface area contributed by atoms with Crippen LogP contribution in [0.15, 0.2) is 35.7 Å². The van der Waals surface area contributed by atoms with E-state index in [0.29, 0.717) is 31.2 Å². The van der Waals surface area contributed by atoms with Crippen molar-refractivity contribution in [2.45, 2.75) is 84.7 Å². The van der Waals surface area contributed by atoms with E-state index in [0.717, 1.165) is 55.1 Å². The summed E-state index contributed by atoms with van der Waals surface area (Å²) in [4.78, 5) is 32.5. The van der Waals surface area contributed by atoms with E-state index < -0.39 is 6.04 Å². The normalized spacial score (nSPS) is 14.3. The second-order valence-corrected chi connectivity index (χ2v) is 12.2. The minimum atomic E-state index is -0.586. The molecule has 2 amide bonds. The quantitative estimate of drug-likeness (QED) is 0.210. The number of rotatable bonds is 16. The van der Waals surface area contributed by atoms with Crippen LogP contribution in [0.1, 0.15) is 93.3 Å². The molecule has 0 saturated heterocycles. The van der Waals surface area contributed by atoms with Crippen molar-refractivity contribution in [1.82, 2.24) is 20.2 Å². The molecule has 1 aliphatic carbocycles. The number of amides is 2. The van der Waals surface area contributed by atoms with Gasteiger partial charge >= 0.3 is 0 Å². The SMILES string of the molecule is CCC(CC)n1c(Cc2cccs2)nc2cc(C(=O)N[C@@H](CC(C)C)C(=O)NCCCOCC3CC3)ccc21. The fourth-order valence-electron chi connectivity index (χ4n) is 5.03. The Morgan fingerprint density at radius 2 is 1.97 bits per heavy atom. The van der Waals surface area contributed by atoms with Crippen molar-refractivity contribution in [2.24, 2.45) is 11.8 Å². The van der Waals surface area contributed by atoms with Crippen LogP contribution in [0.3, 0.4) is 0 Å². The van der Waals surface area contributed by atoms with Crippen LogP contribution in [-0.2, 0) is 16.0 Å². The highest BCUT2D eigenvalue weighted by Crippen LogP contribution is 2.29. The van der Waals surface area contributed by atoms with Crippen molar-refractivity contribution in [3.05, 3.63) is 52.0 Å². The fourth-order valence-corrected chi connectivity index (χ4v) is 5.73. The van der Waals surface area contributed by atoms with Crippen LogP contribution in [0, 0.1) is 11.8 Å². The molecule has 3 aromatic rings. The van der Waals surface area contributed by atoms with Gasteiger partial charge in [0.05, 0.1) is 11.0 Å². The first-order valence-electron chi connectivity index (χ1n) is 14.6. The summed E-state index contributed by atoms with van der Waals surface area (Å²) >= 11 is 1.74. The van der Waals surface area contributed by atoms with E-state index in [9.17, 15) is 9.59 Å². The Hall–Kier alpha value is -2.71. The summed E-state index contributed by atoms with van der Waals surface area (Å²) in [5.74, 6) is 1.64. The lowest BCUT2D eigenvalue weighted by atomic mass is 10.0. The van der Waals surface area contributed by atoms with Crippen LogP contribution in [0.4, 0.5) is 0 Å². The van der Waals surface area contributed by atoms with Crippen molar-refractivity contribution < 1.29 is 14.3 Å². The number of aromatic nitrogens is 2. The highest BCUT2D eigenvalue weighted by Gasteiger charge is 2.24. The number of carbonyl (C=O) groups excluding carboxylic acids is 2. The van der Waals surface area contributed by atoms with E-state index in [1.54, 1.807) is 11.3 Å². The smallest absolute Gasteiger partial charge is 0.252 e. The van der Waals surface area contributed by atoms with Gasteiger partial charge in [0.15, 0.2) is 0 Å². The molecule has 39 heavy (non-hydrogen) atoms. The molecule has 2 aromatic heterocycles. The fraction of sp³-hybridized carbons (Fsp3) is 0.581. The van der Waals surface area contributed by atoms with Gasteiger partial charge in [-0.1, -0.05) is 33.8 Å². The third-order valence-electron chi connectivity index (χ3n) is 7.39. The molecular formula is C31H44N4O3S. The minimum absolute atomic E-state index is 0.142. The molecule has 2 heterocycles. The number of imidazole rings is 1. The first kappa shape index (κ1) is 29.3. The largest absolute Gasteiger partial charge is 0.381 e. The number of ether oxygens (including phenoxy) is 1. The lowest BCUT2D eigenvalue weighted by Gasteiger charge is -2.20. The predicted molar refractivity (Wildman–Crippen MR) is 158 cm³/mol. The second kappa shape index (κ2) is 14.1. The lowest BCUT2D eigenvalue weighted by Crippen LogP contribution is -2.47. The Bertz CT molecular complexity index is 1210. The molecule has 0 radical (unpaired) electrons. The highest BCUT2D eigenvalue weighted by molar-refractivity contribution is 7.09. The van der Waals surface area contributed by atoms with Gasteiger partial charge in [0.1, 0.15) is 11.9 Å². The molecule has 0 unspecified atom stereocenters. The van der Waals surface area contributed by atoms with E-state index in [-0.39, 0.29) is 17.7 Å². The van der Waals surface area contributed by atoms with Crippen molar-refractivity contribution in [3.63, 3.8) is 0 Å². The van der Waals surface area contributed by atoms with E-state index in [4.69, 9.17) is 9.72 Å². The van der Waals surface area contributed by atoms with Gasteiger partial charge in [0.25, 0.3) is 5.91 Å². The molecular weight excluding hydrogens is 508 g/mol. The molecule has 8 heteroatoms. The van der Waals surface area contributed by atoms with Gasteiger partial charge in [0.2, 0.25) is 5.91 Å². The molecule has 1 aromatic carbocycles. The summed E-state index contributed by atoms with van der Waals surface area (Å²) in [6.45, 7) is 10.6. The number of benzene rings is 1. The number of nitrogens with zero attached hydrogens (tertiary/aromatic N) is 2. The Kier molecular flexibility index (Phi) is 10.6. The maximum Gasteiger partial charge on any atom is 0.252 e. The highest BCUT2D eigenvalue weighted by atomic mass is 32.1. The average molecular weight is 553 g/mol. The molecule has 1 atom stereocenters. The predicted octanol–water partition coefficient (Wildman–Crippen LogP) is 6.13. The zero-order chi connectivity index (χ0) is 27.8. The molecule has 0 spiro atoms. The van der Waals surface area contributed by atoms with E-state index in [1.807, 2.05) is 18.2 Å². The maximum atomic E-state index is 13.3. The summed E-state index contributed by atoms with van der Waals surface area (Å²) in [7, 11) is 0. The summed E-state index contributed by atoms with van der Waals surface area (Å²) < 4.78 is 8.01. The Balaban J connectivity index is 1.45. The van der Waals surface area contributed by atoms with E-state index in [2.05, 4.69) is 60.4 Å². The van der Waals surface area contributed by atoms with Gasteiger partial charge in [-0.05, 0) is 80.0 Å². The first-order chi connectivity index (χ1) is 18.9. The molecule has 1 saturated carbocycles. The molecule has 0 bridgehead atoms. The monoisotopic (exact) mass is 552 g/mol. The van der Waals surface area contributed by atoms with Crippen LogP contribution in [0.2, 0.25) is 0 Å².